The molecule has 168 valence electrons. The van der Waals surface area contributed by atoms with Gasteiger partial charge in [0.25, 0.3) is 5.91 Å². The van der Waals surface area contributed by atoms with Crippen molar-refractivity contribution in [3.05, 3.63) is 72.4 Å². The monoisotopic (exact) mass is 444 g/mol. The number of nitrogens with one attached hydrogen (secondary N) is 1. The molecule has 0 saturated carbocycles. The summed E-state index contributed by atoms with van der Waals surface area (Å²) in [6.45, 7) is 1.23. The number of hydrogen-bond acceptors (Lipinski definition) is 5. The molecule has 0 spiro atoms. The first kappa shape index (κ1) is 21.1. The van der Waals surface area contributed by atoms with E-state index in [-0.39, 0.29) is 17.8 Å². The Balaban J connectivity index is 1.36. The summed E-state index contributed by atoms with van der Waals surface area (Å²) in [5.41, 5.74) is 2.74. The van der Waals surface area contributed by atoms with E-state index in [9.17, 15) is 9.18 Å². The molecule has 2 aromatic heterocycles. The fourth-order valence-electron chi connectivity index (χ4n) is 4.37. The average molecular weight is 445 g/mol. The summed E-state index contributed by atoms with van der Waals surface area (Å²) in [6, 6.07) is 14.0. The van der Waals surface area contributed by atoms with Crippen LogP contribution in [0, 0.1) is 5.82 Å². The van der Waals surface area contributed by atoms with Gasteiger partial charge in [-0.15, -0.1) is 0 Å². The molecular formula is C25H25FN6O. The summed E-state index contributed by atoms with van der Waals surface area (Å²) < 4.78 is 15.0. The van der Waals surface area contributed by atoms with Crippen LogP contribution in [0.4, 0.5) is 10.3 Å². The molecule has 0 unspecified atom stereocenters. The second-order valence-electron chi connectivity index (χ2n) is 8.35. The second-order valence-corrected chi connectivity index (χ2v) is 8.35. The lowest BCUT2D eigenvalue weighted by Gasteiger charge is -2.35. The van der Waals surface area contributed by atoms with Gasteiger partial charge >= 0.3 is 0 Å². The molecule has 33 heavy (non-hydrogen) atoms. The van der Waals surface area contributed by atoms with Crippen LogP contribution in [0.3, 0.4) is 0 Å². The first-order valence-electron chi connectivity index (χ1n) is 11.1. The number of piperidine rings is 1. The van der Waals surface area contributed by atoms with Crippen molar-refractivity contribution in [2.75, 3.05) is 18.4 Å². The molecule has 1 amide bonds. The van der Waals surface area contributed by atoms with Crippen LogP contribution in [-0.2, 0) is 7.05 Å². The molecule has 8 heteroatoms. The number of anilines is 1. The highest BCUT2D eigenvalue weighted by Gasteiger charge is 2.30. The number of aromatic nitrogens is 4. The topological polar surface area (TPSA) is 75.9 Å². The van der Waals surface area contributed by atoms with Crippen LogP contribution in [0.2, 0.25) is 0 Å². The minimum atomic E-state index is -0.311. The Morgan fingerprint density at radius 2 is 1.97 bits per heavy atom. The van der Waals surface area contributed by atoms with E-state index in [1.165, 1.54) is 12.1 Å². The first-order valence-corrected chi connectivity index (χ1v) is 11.1. The van der Waals surface area contributed by atoms with E-state index in [2.05, 4.69) is 20.4 Å². The molecule has 1 N–H and O–H groups in total. The Kier molecular flexibility index (Phi) is 5.73. The third-order valence-electron chi connectivity index (χ3n) is 6.06. The van der Waals surface area contributed by atoms with Crippen LogP contribution >= 0.6 is 0 Å². The number of halogens is 1. The van der Waals surface area contributed by atoms with Crippen molar-refractivity contribution in [3.63, 3.8) is 0 Å². The Labute approximate surface area is 191 Å². The van der Waals surface area contributed by atoms with Gasteiger partial charge in [-0.1, -0.05) is 30.3 Å². The predicted molar refractivity (Wildman–Crippen MR) is 125 cm³/mol. The third-order valence-corrected chi connectivity index (χ3v) is 6.06. The van der Waals surface area contributed by atoms with Crippen LogP contribution < -0.4 is 5.32 Å². The number of nitrogens with zero attached hydrogens (tertiary/aromatic N) is 5. The predicted octanol–water partition coefficient (Wildman–Crippen LogP) is 4.28. The highest BCUT2D eigenvalue weighted by molar-refractivity contribution is 5.99. The minimum absolute atomic E-state index is 0.00407. The highest BCUT2D eigenvalue weighted by atomic mass is 19.1. The van der Waals surface area contributed by atoms with E-state index in [1.54, 1.807) is 36.3 Å². The van der Waals surface area contributed by atoms with Crippen LogP contribution in [-0.4, -0.2) is 49.7 Å². The minimum Gasteiger partial charge on any atom is -0.352 e. The number of benzene rings is 2. The zero-order valence-electron chi connectivity index (χ0n) is 18.4. The van der Waals surface area contributed by atoms with Crippen molar-refractivity contribution in [1.82, 2.24) is 24.6 Å². The molecule has 4 aromatic rings. The van der Waals surface area contributed by atoms with Gasteiger partial charge < -0.3 is 10.2 Å². The smallest absolute Gasteiger partial charge is 0.275 e. The van der Waals surface area contributed by atoms with Gasteiger partial charge in [0.15, 0.2) is 5.69 Å². The fraction of sp³-hybridized carbons (Fsp3) is 0.280. The van der Waals surface area contributed by atoms with Crippen LogP contribution in [0.25, 0.3) is 22.0 Å². The molecule has 1 atom stereocenters. The number of hydrogen-bond donors (Lipinski definition) is 1. The van der Waals surface area contributed by atoms with Crippen molar-refractivity contribution in [2.45, 2.75) is 25.3 Å². The number of rotatable bonds is 5. The van der Waals surface area contributed by atoms with Crippen molar-refractivity contribution >= 4 is 22.8 Å². The SMILES string of the molecule is Cn1cc(-c2ccc(F)cc2)c(C(=O)N2CCCC[C@@H]2CNc2ncc3ccccc3n2)n1. The maximum atomic E-state index is 13.6. The summed E-state index contributed by atoms with van der Waals surface area (Å²) in [7, 11) is 1.79. The zero-order valence-corrected chi connectivity index (χ0v) is 18.4. The summed E-state index contributed by atoms with van der Waals surface area (Å²) in [6.07, 6.45) is 6.51. The molecule has 2 aromatic carbocycles. The van der Waals surface area contributed by atoms with Gasteiger partial charge in [-0.3, -0.25) is 9.48 Å². The van der Waals surface area contributed by atoms with E-state index >= 15 is 0 Å². The van der Waals surface area contributed by atoms with E-state index in [0.717, 1.165) is 35.7 Å². The number of carbonyl (C=O) groups excluding carboxylic acids is 1. The molecule has 7 nitrogen and oxygen atoms in total. The third kappa shape index (κ3) is 4.41. The molecule has 1 aliphatic heterocycles. The summed E-state index contributed by atoms with van der Waals surface area (Å²) >= 11 is 0. The zero-order chi connectivity index (χ0) is 22.8. The average Bonchev–Trinajstić information content (AvgIpc) is 3.24. The van der Waals surface area contributed by atoms with Crippen LogP contribution in [0.5, 0.6) is 0 Å². The normalized spacial score (nSPS) is 16.2. The fourth-order valence-corrected chi connectivity index (χ4v) is 4.37. The quantitative estimate of drug-likeness (QED) is 0.497. The van der Waals surface area contributed by atoms with Gasteiger partial charge in [-0.25, -0.2) is 14.4 Å². The number of para-hydroxylation sites is 1. The van der Waals surface area contributed by atoms with Gasteiger partial charge in [0, 0.05) is 49.5 Å². The molecule has 5 rings (SSSR count). The molecule has 1 saturated heterocycles. The number of amides is 1. The molecule has 0 bridgehead atoms. The summed E-state index contributed by atoms with van der Waals surface area (Å²) in [5.74, 6) is 0.131. The van der Waals surface area contributed by atoms with Gasteiger partial charge in [0.05, 0.1) is 5.52 Å². The Morgan fingerprint density at radius 1 is 1.15 bits per heavy atom. The van der Waals surface area contributed by atoms with Crippen molar-refractivity contribution < 1.29 is 9.18 Å². The largest absolute Gasteiger partial charge is 0.352 e. The van der Waals surface area contributed by atoms with Crippen LogP contribution in [0.1, 0.15) is 29.8 Å². The maximum absolute atomic E-state index is 13.6. The lowest BCUT2D eigenvalue weighted by molar-refractivity contribution is 0.0622. The number of aryl methyl sites for hydroxylation is 1. The maximum Gasteiger partial charge on any atom is 0.275 e. The Bertz CT molecular complexity index is 1290. The number of likely N-dealkylation sites (tertiary alicyclic amines) is 1. The molecular weight excluding hydrogens is 419 g/mol. The van der Waals surface area contributed by atoms with E-state index in [0.29, 0.717) is 30.3 Å². The lowest BCUT2D eigenvalue weighted by atomic mass is 10.00. The Hall–Kier alpha value is -3.81. The molecule has 0 radical (unpaired) electrons. The number of carbonyl (C=O) groups is 1. The lowest BCUT2D eigenvalue weighted by Crippen LogP contribution is -2.47. The van der Waals surface area contributed by atoms with Gasteiger partial charge in [-0.05, 0) is 43.0 Å². The van der Waals surface area contributed by atoms with E-state index in [4.69, 9.17) is 0 Å². The van der Waals surface area contributed by atoms with Gasteiger partial charge in [-0.2, -0.15) is 5.10 Å². The number of fused-ring (bicyclic) bond motifs is 1. The molecule has 3 heterocycles. The standard InChI is InChI=1S/C25H25FN6O/c1-31-16-21(17-9-11-19(26)12-10-17)23(30-31)24(33)32-13-5-4-7-20(32)15-28-25-27-14-18-6-2-3-8-22(18)29-25/h2-3,6,8-12,14,16,20H,4-5,7,13,15H2,1H3,(H,27,28,29)/t20-/m1/s1. The van der Waals surface area contributed by atoms with Crippen molar-refractivity contribution in [3.8, 4) is 11.1 Å². The molecule has 0 aliphatic carbocycles. The molecule has 1 aliphatic rings. The van der Waals surface area contributed by atoms with Gasteiger partial charge in [0.2, 0.25) is 5.95 Å². The van der Waals surface area contributed by atoms with Gasteiger partial charge in [0.1, 0.15) is 5.82 Å². The highest BCUT2D eigenvalue weighted by Crippen LogP contribution is 2.27. The second kappa shape index (κ2) is 8.97. The van der Waals surface area contributed by atoms with E-state index < -0.39 is 0 Å². The summed E-state index contributed by atoms with van der Waals surface area (Å²) in [5, 5.41) is 8.76. The summed E-state index contributed by atoms with van der Waals surface area (Å²) in [4.78, 5) is 24.5. The van der Waals surface area contributed by atoms with E-state index in [1.807, 2.05) is 29.2 Å². The first-order chi connectivity index (χ1) is 16.1. The van der Waals surface area contributed by atoms with Crippen molar-refractivity contribution in [1.29, 1.82) is 0 Å². The van der Waals surface area contributed by atoms with Crippen molar-refractivity contribution in [2.24, 2.45) is 7.05 Å². The Morgan fingerprint density at radius 3 is 2.82 bits per heavy atom. The molecule has 1 fully saturated rings. The van der Waals surface area contributed by atoms with Crippen LogP contribution in [0.15, 0.2) is 60.9 Å².